The van der Waals surface area contributed by atoms with Crippen molar-refractivity contribution in [2.24, 2.45) is 22.1 Å². The molecule has 3 heteroatoms. The average Bonchev–Trinajstić information content (AvgIpc) is 2.44. The number of guanidine groups is 1. The molecule has 1 heterocycles. The van der Waals surface area contributed by atoms with E-state index in [0.29, 0.717) is 5.41 Å². The fourth-order valence-electron chi connectivity index (χ4n) is 4.24. The Balaban J connectivity index is 2.23. The molecule has 1 aliphatic heterocycles. The van der Waals surface area contributed by atoms with Crippen molar-refractivity contribution in [2.75, 3.05) is 13.1 Å². The minimum atomic E-state index is 0.223. The van der Waals surface area contributed by atoms with Crippen molar-refractivity contribution in [3.05, 3.63) is 0 Å². The normalized spacial score (nSPS) is 36.4. The second-order valence-electron chi connectivity index (χ2n) is 6.90. The molecule has 2 unspecified atom stereocenters. The van der Waals surface area contributed by atoms with Crippen LogP contribution in [0.15, 0.2) is 4.99 Å². The molecule has 1 fully saturated rings. The third kappa shape index (κ3) is 2.29. The van der Waals surface area contributed by atoms with Crippen molar-refractivity contribution in [1.82, 2.24) is 4.90 Å². The lowest BCUT2D eigenvalue weighted by Crippen LogP contribution is -2.56. The van der Waals surface area contributed by atoms with E-state index in [1.54, 1.807) is 0 Å². The van der Waals surface area contributed by atoms with Gasteiger partial charge in [-0.1, -0.05) is 27.7 Å². The van der Waals surface area contributed by atoms with Gasteiger partial charge in [0.15, 0.2) is 5.96 Å². The Morgan fingerprint density at radius 2 is 2.12 bits per heavy atom. The van der Waals surface area contributed by atoms with E-state index in [0.717, 1.165) is 31.4 Å². The van der Waals surface area contributed by atoms with Crippen molar-refractivity contribution in [3.8, 4) is 0 Å². The van der Waals surface area contributed by atoms with Gasteiger partial charge in [-0.2, -0.15) is 0 Å². The van der Waals surface area contributed by atoms with E-state index in [2.05, 4.69) is 37.6 Å². The maximum atomic E-state index is 6.08. The second kappa shape index (κ2) is 4.18. The maximum Gasteiger partial charge on any atom is 0.191 e. The molecule has 0 aromatic carbocycles. The highest BCUT2D eigenvalue weighted by molar-refractivity contribution is 5.81. The van der Waals surface area contributed by atoms with Crippen molar-refractivity contribution in [3.63, 3.8) is 0 Å². The lowest BCUT2D eigenvalue weighted by molar-refractivity contribution is 0.0380. The molecular weight excluding hydrogens is 210 g/mol. The number of nitrogens with zero attached hydrogens (tertiary/aromatic N) is 2. The predicted octanol–water partition coefficient (Wildman–Crippen LogP) is 2.61. The summed E-state index contributed by atoms with van der Waals surface area (Å²) in [5.41, 5.74) is 6.72. The Hall–Kier alpha value is -0.730. The zero-order valence-electron chi connectivity index (χ0n) is 11.8. The SMILES string of the molecule is CCCN1C(N)=NCC12CC(C)CC(C)(C)C2. The van der Waals surface area contributed by atoms with Crippen LogP contribution in [0.2, 0.25) is 0 Å². The van der Waals surface area contributed by atoms with Gasteiger partial charge in [-0.3, -0.25) is 4.99 Å². The summed E-state index contributed by atoms with van der Waals surface area (Å²) in [6.07, 6.45) is 4.95. The molecule has 17 heavy (non-hydrogen) atoms. The molecule has 0 aromatic rings. The first-order valence-corrected chi connectivity index (χ1v) is 6.96. The van der Waals surface area contributed by atoms with Crippen molar-refractivity contribution in [1.29, 1.82) is 0 Å². The highest BCUT2D eigenvalue weighted by Gasteiger charge is 2.49. The fourth-order valence-corrected chi connectivity index (χ4v) is 4.24. The Morgan fingerprint density at radius 1 is 1.41 bits per heavy atom. The van der Waals surface area contributed by atoms with Gasteiger partial charge in [-0.15, -0.1) is 0 Å². The topological polar surface area (TPSA) is 41.6 Å². The standard InChI is InChI=1S/C14H27N3/c1-5-6-17-12(15)16-10-14(17)8-11(2)7-13(3,4)9-14/h11H,5-10H2,1-4H3,(H2,15,16). The highest BCUT2D eigenvalue weighted by Crippen LogP contribution is 2.48. The number of hydrogen-bond acceptors (Lipinski definition) is 3. The van der Waals surface area contributed by atoms with Crippen LogP contribution < -0.4 is 5.73 Å². The predicted molar refractivity (Wildman–Crippen MR) is 73.0 cm³/mol. The fraction of sp³-hybridized carbons (Fsp3) is 0.929. The molecule has 2 N–H and O–H groups in total. The first kappa shape index (κ1) is 12.7. The summed E-state index contributed by atoms with van der Waals surface area (Å²) in [7, 11) is 0. The Bertz CT molecular complexity index is 321. The van der Waals surface area contributed by atoms with Crippen LogP contribution in [0, 0.1) is 11.3 Å². The van der Waals surface area contributed by atoms with Crippen LogP contribution >= 0.6 is 0 Å². The Labute approximate surface area is 105 Å². The van der Waals surface area contributed by atoms with E-state index < -0.39 is 0 Å². The highest BCUT2D eigenvalue weighted by atomic mass is 15.4. The van der Waals surface area contributed by atoms with Crippen LogP contribution in [-0.2, 0) is 0 Å². The molecule has 2 atom stereocenters. The van der Waals surface area contributed by atoms with E-state index in [-0.39, 0.29) is 5.54 Å². The van der Waals surface area contributed by atoms with Crippen molar-refractivity contribution in [2.45, 2.75) is 58.9 Å². The van der Waals surface area contributed by atoms with Gasteiger partial charge < -0.3 is 10.6 Å². The van der Waals surface area contributed by atoms with E-state index in [1.165, 1.54) is 19.3 Å². The summed E-state index contributed by atoms with van der Waals surface area (Å²) in [6.45, 7) is 11.3. The van der Waals surface area contributed by atoms with E-state index in [9.17, 15) is 0 Å². The number of rotatable bonds is 2. The summed E-state index contributed by atoms with van der Waals surface area (Å²) in [5.74, 6) is 1.55. The smallest absolute Gasteiger partial charge is 0.191 e. The molecule has 98 valence electrons. The number of aliphatic imine (C=N–C) groups is 1. The molecule has 0 saturated heterocycles. The lowest BCUT2D eigenvalue weighted by Gasteiger charge is -2.50. The van der Waals surface area contributed by atoms with Crippen LogP contribution in [0.25, 0.3) is 0 Å². The molecule has 1 aliphatic carbocycles. The molecular formula is C14H27N3. The van der Waals surface area contributed by atoms with Gasteiger partial charge >= 0.3 is 0 Å². The van der Waals surface area contributed by atoms with Crippen LogP contribution in [0.1, 0.15) is 53.4 Å². The quantitative estimate of drug-likeness (QED) is 0.802. The second-order valence-corrected chi connectivity index (χ2v) is 6.90. The molecule has 2 aliphatic rings. The number of hydrogen-bond donors (Lipinski definition) is 1. The zero-order chi connectivity index (χ0) is 12.7. The van der Waals surface area contributed by atoms with E-state index in [4.69, 9.17) is 5.73 Å². The molecule has 0 bridgehead atoms. The summed E-state index contributed by atoms with van der Waals surface area (Å²) >= 11 is 0. The monoisotopic (exact) mass is 237 g/mol. The van der Waals surface area contributed by atoms with Crippen molar-refractivity contribution < 1.29 is 0 Å². The first-order chi connectivity index (χ1) is 7.88. The van der Waals surface area contributed by atoms with Crippen LogP contribution in [0.4, 0.5) is 0 Å². The van der Waals surface area contributed by atoms with Gasteiger partial charge in [0.1, 0.15) is 0 Å². The molecule has 2 rings (SSSR count). The lowest BCUT2D eigenvalue weighted by atomic mass is 9.64. The molecule has 1 spiro atoms. The average molecular weight is 237 g/mol. The summed E-state index contributed by atoms with van der Waals surface area (Å²) in [4.78, 5) is 6.93. The van der Waals surface area contributed by atoms with Gasteiger partial charge in [0, 0.05) is 6.54 Å². The van der Waals surface area contributed by atoms with Gasteiger partial charge in [0.2, 0.25) is 0 Å². The molecule has 0 aromatic heterocycles. The van der Waals surface area contributed by atoms with Gasteiger partial charge in [-0.25, -0.2) is 0 Å². The Kier molecular flexibility index (Phi) is 3.13. The summed E-state index contributed by atoms with van der Waals surface area (Å²) in [5, 5.41) is 0. The van der Waals surface area contributed by atoms with Crippen LogP contribution in [-0.4, -0.2) is 29.5 Å². The minimum Gasteiger partial charge on any atom is -0.370 e. The maximum absolute atomic E-state index is 6.08. The summed E-state index contributed by atoms with van der Waals surface area (Å²) in [6, 6.07) is 0. The van der Waals surface area contributed by atoms with E-state index in [1.807, 2.05) is 0 Å². The molecule has 1 saturated carbocycles. The van der Waals surface area contributed by atoms with Crippen molar-refractivity contribution >= 4 is 5.96 Å². The molecule has 0 radical (unpaired) electrons. The first-order valence-electron chi connectivity index (χ1n) is 6.96. The largest absolute Gasteiger partial charge is 0.370 e. The third-order valence-electron chi connectivity index (χ3n) is 4.27. The van der Waals surface area contributed by atoms with Gasteiger partial charge in [0.05, 0.1) is 12.1 Å². The third-order valence-corrected chi connectivity index (χ3v) is 4.27. The van der Waals surface area contributed by atoms with Gasteiger partial charge in [0.25, 0.3) is 0 Å². The zero-order valence-corrected chi connectivity index (χ0v) is 11.8. The van der Waals surface area contributed by atoms with Crippen LogP contribution in [0.5, 0.6) is 0 Å². The van der Waals surface area contributed by atoms with E-state index >= 15 is 0 Å². The number of nitrogens with two attached hydrogens (primary N) is 1. The van der Waals surface area contributed by atoms with Gasteiger partial charge in [-0.05, 0) is 37.0 Å². The molecule has 0 amide bonds. The Morgan fingerprint density at radius 3 is 2.71 bits per heavy atom. The molecule has 3 nitrogen and oxygen atoms in total. The minimum absolute atomic E-state index is 0.223. The van der Waals surface area contributed by atoms with Crippen LogP contribution in [0.3, 0.4) is 0 Å². The summed E-state index contributed by atoms with van der Waals surface area (Å²) < 4.78 is 0.